The van der Waals surface area contributed by atoms with E-state index in [1.807, 2.05) is 0 Å². The molecular formula is C14H19N3O3. The van der Waals surface area contributed by atoms with Crippen molar-refractivity contribution in [3.05, 3.63) is 24.5 Å². The van der Waals surface area contributed by atoms with Gasteiger partial charge in [0.1, 0.15) is 0 Å². The first kappa shape index (κ1) is 14.3. The summed E-state index contributed by atoms with van der Waals surface area (Å²) in [6.07, 6.45) is 5.31. The molecular weight excluding hydrogens is 258 g/mol. The van der Waals surface area contributed by atoms with Crippen molar-refractivity contribution in [1.29, 1.82) is 0 Å². The molecule has 0 radical (unpaired) electrons. The maximum Gasteiger partial charge on any atom is 0.321 e. The number of urea groups is 1. The summed E-state index contributed by atoms with van der Waals surface area (Å²) in [7, 11) is 1.64. The van der Waals surface area contributed by atoms with Gasteiger partial charge in [0.15, 0.2) is 0 Å². The summed E-state index contributed by atoms with van der Waals surface area (Å²) in [5.74, 6) is -0.857. The molecule has 2 unspecified atom stereocenters. The molecule has 1 saturated carbocycles. The standard InChI is InChI=1S/C14H19N3O3/c1-14(12(18)19)7-3-6-11(14)16-13(20)17(2)10-5-4-8-15-9-10/h4-5,8-9,11H,3,6-7H2,1-2H3,(H,16,20)(H,18,19). The van der Waals surface area contributed by atoms with Crippen molar-refractivity contribution in [2.24, 2.45) is 5.41 Å². The van der Waals surface area contributed by atoms with Gasteiger partial charge in [0, 0.05) is 19.3 Å². The first-order chi connectivity index (χ1) is 9.45. The molecule has 0 bridgehead atoms. The second-order valence-electron chi connectivity index (χ2n) is 5.39. The number of carboxylic acids is 1. The minimum absolute atomic E-state index is 0.308. The van der Waals surface area contributed by atoms with Crippen LogP contribution in [-0.2, 0) is 4.79 Å². The zero-order chi connectivity index (χ0) is 14.8. The number of carbonyl (C=O) groups is 2. The van der Waals surface area contributed by atoms with E-state index in [0.717, 1.165) is 6.42 Å². The molecule has 20 heavy (non-hydrogen) atoms. The van der Waals surface area contributed by atoms with E-state index in [1.54, 1.807) is 38.5 Å². The highest BCUT2D eigenvalue weighted by atomic mass is 16.4. The van der Waals surface area contributed by atoms with E-state index < -0.39 is 11.4 Å². The molecule has 0 spiro atoms. The number of carbonyl (C=O) groups excluding carboxylic acids is 1. The van der Waals surface area contributed by atoms with Gasteiger partial charge in [-0.1, -0.05) is 6.42 Å². The van der Waals surface area contributed by atoms with Crippen LogP contribution in [0, 0.1) is 5.41 Å². The Hall–Kier alpha value is -2.11. The molecule has 0 aromatic carbocycles. The van der Waals surface area contributed by atoms with Crippen LogP contribution in [0.25, 0.3) is 0 Å². The van der Waals surface area contributed by atoms with Gasteiger partial charge in [-0.15, -0.1) is 0 Å². The maximum absolute atomic E-state index is 12.2. The Morgan fingerprint density at radius 3 is 2.90 bits per heavy atom. The first-order valence-corrected chi connectivity index (χ1v) is 6.63. The number of anilines is 1. The van der Waals surface area contributed by atoms with Gasteiger partial charge in [-0.2, -0.15) is 0 Å². The minimum Gasteiger partial charge on any atom is -0.481 e. The predicted octanol–water partition coefficient (Wildman–Crippen LogP) is 1.87. The van der Waals surface area contributed by atoms with E-state index in [0.29, 0.717) is 18.5 Å². The Balaban J connectivity index is 2.06. The summed E-state index contributed by atoms with van der Waals surface area (Å²) in [5.41, 5.74) is -0.217. The zero-order valence-electron chi connectivity index (χ0n) is 11.7. The predicted molar refractivity (Wildman–Crippen MR) is 74.6 cm³/mol. The molecule has 1 heterocycles. The van der Waals surface area contributed by atoms with Crippen LogP contribution in [0.4, 0.5) is 10.5 Å². The van der Waals surface area contributed by atoms with Crippen molar-refractivity contribution in [3.63, 3.8) is 0 Å². The van der Waals surface area contributed by atoms with Crippen molar-refractivity contribution >= 4 is 17.7 Å². The van der Waals surface area contributed by atoms with Crippen LogP contribution < -0.4 is 10.2 Å². The lowest BCUT2D eigenvalue weighted by molar-refractivity contribution is -0.148. The Bertz CT molecular complexity index is 506. The fourth-order valence-corrected chi connectivity index (χ4v) is 2.57. The van der Waals surface area contributed by atoms with Gasteiger partial charge >= 0.3 is 12.0 Å². The lowest BCUT2D eigenvalue weighted by Crippen LogP contribution is -2.50. The highest BCUT2D eigenvalue weighted by molar-refractivity contribution is 5.92. The highest BCUT2D eigenvalue weighted by Crippen LogP contribution is 2.38. The van der Waals surface area contributed by atoms with E-state index in [1.165, 1.54) is 4.90 Å². The van der Waals surface area contributed by atoms with Crippen LogP contribution >= 0.6 is 0 Å². The van der Waals surface area contributed by atoms with Crippen molar-refractivity contribution in [3.8, 4) is 0 Å². The van der Waals surface area contributed by atoms with Gasteiger partial charge < -0.3 is 10.4 Å². The molecule has 1 fully saturated rings. The number of aromatic nitrogens is 1. The number of hydrogen-bond donors (Lipinski definition) is 2. The van der Waals surface area contributed by atoms with E-state index in [4.69, 9.17) is 0 Å². The van der Waals surface area contributed by atoms with Gasteiger partial charge in [0.05, 0.1) is 17.3 Å². The summed E-state index contributed by atoms with van der Waals surface area (Å²) in [4.78, 5) is 29.0. The van der Waals surface area contributed by atoms with E-state index in [9.17, 15) is 14.7 Å². The van der Waals surface area contributed by atoms with Crippen molar-refractivity contribution < 1.29 is 14.7 Å². The first-order valence-electron chi connectivity index (χ1n) is 6.63. The van der Waals surface area contributed by atoms with Crippen molar-refractivity contribution in [1.82, 2.24) is 10.3 Å². The lowest BCUT2D eigenvalue weighted by Gasteiger charge is -2.29. The average Bonchev–Trinajstić information content (AvgIpc) is 2.81. The second-order valence-corrected chi connectivity index (χ2v) is 5.39. The number of nitrogens with zero attached hydrogens (tertiary/aromatic N) is 2. The van der Waals surface area contributed by atoms with Crippen LogP contribution in [0.15, 0.2) is 24.5 Å². The molecule has 6 nitrogen and oxygen atoms in total. The molecule has 1 aromatic rings. The molecule has 2 N–H and O–H groups in total. The summed E-state index contributed by atoms with van der Waals surface area (Å²) >= 11 is 0. The molecule has 6 heteroatoms. The lowest BCUT2D eigenvalue weighted by atomic mass is 9.85. The number of pyridine rings is 1. The fourth-order valence-electron chi connectivity index (χ4n) is 2.57. The van der Waals surface area contributed by atoms with Crippen molar-refractivity contribution in [2.45, 2.75) is 32.2 Å². The Kier molecular flexibility index (Phi) is 3.92. The van der Waals surface area contributed by atoms with Crippen LogP contribution in [0.2, 0.25) is 0 Å². The molecule has 2 amide bonds. The van der Waals surface area contributed by atoms with Crippen LogP contribution in [0.5, 0.6) is 0 Å². The largest absolute Gasteiger partial charge is 0.481 e. The summed E-state index contributed by atoms with van der Waals surface area (Å²) in [6, 6.07) is 2.87. The third-order valence-corrected chi connectivity index (χ3v) is 4.08. The zero-order valence-corrected chi connectivity index (χ0v) is 11.7. The SMILES string of the molecule is CN(C(=O)NC1CCCC1(C)C(=O)O)c1cccnc1. The number of aliphatic carboxylic acids is 1. The van der Waals surface area contributed by atoms with Gasteiger partial charge in [0.25, 0.3) is 0 Å². The van der Waals surface area contributed by atoms with E-state index in [2.05, 4.69) is 10.3 Å². The Morgan fingerprint density at radius 1 is 1.55 bits per heavy atom. The molecule has 2 atom stereocenters. The molecule has 2 rings (SSSR count). The number of amides is 2. The number of nitrogens with one attached hydrogen (secondary N) is 1. The fraction of sp³-hybridized carbons (Fsp3) is 0.500. The van der Waals surface area contributed by atoms with Crippen LogP contribution in [0.3, 0.4) is 0 Å². The Morgan fingerprint density at radius 2 is 2.30 bits per heavy atom. The molecule has 1 aromatic heterocycles. The van der Waals surface area contributed by atoms with Crippen LogP contribution in [-0.4, -0.2) is 35.2 Å². The second kappa shape index (κ2) is 5.48. The molecule has 0 saturated heterocycles. The highest BCUT2D eigenvalue weighted by Gasteiger charge is 2.46. The van der Waals surface area contributed by atoms with Gasteiger partial charge in [-0.25, -0.2) is 4.79 Å². The number of rotatable bonds is 3. The topological polar surface area (TPSA) is 82.5 Å². The Labute approximate surface area is 117 Å². The molecule has 1 aliphatic carbocycles. The minimum atomic E-state index is -0.883. The quantitative estimate of drug-likeness (QED) is 0.883. The third kappa shape index (κ3) is 2.59. The summed E-state index contributed by atoms with van der Waals surface area (Å²) in [6.45, 7) is 1.69. The third-order valence-electron chi connectivity index (χ3n) is 4.08. The number of hydrogen-bond acceptors (Lipinski definition) is 3. The van der Waals surface area contributed by atoms with E-state index >= 15 is 0 Å². The van der Waals surface area contributed by atoms with Gasteiger partial charge in [-0.05, 0) is 31.9 Å². The monoisotopic (exact) mass is 277 g/mol. The van der Waals surface area contributed by atoms with Gasteiger partial charge in [-0.3, -0.25) is 14.7 Å². The normalized spacial score (nSPS) is 25.2. The average molecular weight is 277 g/mol. The summed E-state index contributed by atoms with van der Waals surface area (Å²) in [5, 5.41) is 12.2. The van der Waals surface area contributed by atoms with Crippen molar-refractivity contribution in [2.75, 3.05) is 11.9 Å². The molecule has 0 aliphatic heterocycles. The maximum atomic E-state index is 12.2. The molecule has 1 aliphatic rings. The van der Waals surface area contributed by atoms with Gasteiger partial charge in [0.2, 0.25) is 0 Å². The summed E-state index contributed by atoms with van der Waals surface area (Å²) < 4.78 is 0. The van der Waals surface area contributed by atoms with Crippen LogP contribution in [0.1, 0.15) is 26.2 Å². The number of carboxylic acid groups (broad SMARTS) is 1. The van der Waals surface area contributed by atoms with E-state index in [-0.39, 0.29) is 12.1 Å². The molecule has 108 valence electrons. The smallest absolute Gasteiger partial charge is 0.321 e.